The van der Waals surface area contributed by atoms with Crippen molar-refractivity contribution >= 4 is 17.7 Å². The molecule has 5 heteroatoms. The predicted molar refractivity (Wildman–Crippen MR) is 93.7 cm³/mol. The van der Waals surface area contributed by atoms with Gasteiger partial charge >= 0.3 is 6.09 Å². The summed E-state index contributed by atoms with van der Waals surface area (Å²) in [5.74, 6) is 0. The minimum Gasteiger partial charge on any atom is -0.444 e. The number of alkyl carbamates (subject to hydrolysis) is 1. The fraction of sp³-hybridized carbons (Fsp3) is 0.611. The summed E-state index contributed by atoms with van der Waals surface area (Å²) in [7, 11) is 0. The maximum atomic E-state index is 11.7. The quantitative estimate of drug-likeness (QED) is 0.844. The van der Waals surface area contributed by atoms with E-state index in [0.717, 1.165) is 18.1 Å². The van der Waals surface area contributed by atoms with Crippen LogP contribution in [0.25, 0.3) is 0 Å². The number of nitrogens with zero attached hydrogens (tertiary/aromatic N) is 1. The number of ether oxygens (including phenoxy) is 1. The van der Waals surface area contributed by atoms with E-state index in [9.17, 15) is 4.79 Å². The fourth-order valence-corrected chi connectivity index (χ4v) is 2.84. The predicted octanol–water partition coefficient (Wildman–Crippen LogP) is 4.22. The number of halogens is 1. The summed E-state index contributed by atoms with van der Waals surface area (Å²) in [6, 6.07) is 8.58. The zero-order valence-corrected chi connectivity index (χ0v) is 15.0. The fourth-order valence-electron chi connectivity index (χ4n) is 2.63. The Balaban J connectivity index is 1.83. The van der Waals surface area contributed by atoms with Gasteiger partial charge in [0.05, 0.1) is 0 Å². The van der Waals surface area contributed by atoms with Gasteiger partial charge in [-0.05, 0) is 51.3 Å². The molecule has 1 fully saturated rings. The molecule has 0 aliphatic heterocycles. The smallest absolute Gasteiger partial charge is 0.407 e. The van der Waals surface area contributed by atoms with Crippen LogP contribution in [0.2, 0.25) is 5.02 Å². The summed E-state index contributed by atoms with van der Waals surface area (Å²) < 4.78 is 5.27. The Morgan fingerprint density at radius 1 is 1.39 bits per heavy atom. The van der Waals surface area contributed by atoms with Crippen molar-refractivity contribution in [2.45, 2.75) is 58.2 Å². The van der Waals surface area contributed by atoms with E-state index < -0.39 is 5.60 Å². The van der Waals surface area contributed by atoms with Gasteiger partial charge in [0.2, 0.25) is 0 Å². The minimum absolute atomic E-state index is 0.353. The van der Waals surface area contributed by atoms with Gasteiger partial charge in [-0.1, -0.05) is 30.2 Å². The van der Waals surface area contributed by atoms with E-state index in [2.05, 4.69) is 16.3 Å². The highest BCUT2D eigenvalue weighted by Crippen LogP contribution is 2.26. The van der Waals surface area contributed by atoms with Crippen LogP contribution < -0.4 is 5.32 Å². The van der Waals surface area contributed by atoms with Crippen molar-refractivity contribution in [2.24, 2.45) is 0 Å². The number of carbonyl (C=O) groups is 1. The van der Waals surface area contributed by atoms with Gasteiger partial charge in [0.1, 0.15) is 5.60 Å². The third-order valence-electron chi connectivity index (χ3n) is 3.93. The molecule has 1 aliphatic rings. The molecule has 0 spiro atoms. The molecule has 0 radical (unpaired) electrons. The monoisotopic (exact) mass is 338 g/mol. The summed E-state index contributed by atoms with van der Waals surface area (Å²) in [4.78, 5) is 14.2. The Morgan fingerprint density at radius 3 is 2.70 bits per heavy atom. The van der Waals surface area contributed by atoms with Crippen LogP contribution in [0, 0.1) is 0 Å². The van der Waals surface area contributed by atoms with Crippen LogP contribution in [0.5, 0.6) is 0 Å². The van der Waals surface area contributed by atoms with Crippen molar-refractivity contribution in [3.63, 3.8) is 0 Å². The minimum atomic E-state index is -0.460. The van der Waals surface area contributed by atoms with Crippen LogP contribution in [0.4, 0.5) is 4.79 Å². The molecule has 0 aromatic heterocycles. The van der Waals surface area contributed by atoms with Gasteiger partial charge in [-0.15, -0.1) is 0 Å². The van der Waals surface area contributed by atoms with E-state index in [-0.39, 0.29) is 6.09 Å². The van der Waals surface area contributed by atoms with Crippen molar-refractivity contribution in [1.82, 2.24) is 10.2 Å². The lowest BCUT2D eigenvalue weighted by Gasteiger charge is -2.37. The average molecular weight is 339 g/mol. The van der Waals surface area contributed by atoms with E-state index in [4.69, 9.17) is 16.3 Å². The number of nitrogens with one attached hydrogen (secondary N) is 1. The number of rotatable bonds is 6. The van der Waals surface area contributed by atoms with Gasteiger partial charge in [-0.25, -0.2) is 4.79 Å². The highest BCUT2D eigenvalue weighted by Gasteiger charge is 2.25. The largest absolute Gasteiger partial charge is 0.444 e. The highest BCUT2D eigenvalue weighted by molar-refractivity contribution is 6.30. The first-order chi connectivity index (χ1) is 10.8. The third kappa shape index (κ3) is 6.40. The molecule has 2 rings (SSSR count). The van der Waals surface area contributed by atoms with Gasteiger partial charge in [-0.3, -0.25) is 4.90 Å². The molecule has 0 heterocycles. The molecule has 128 valence electrons. The molecule has 1 aliphatic carbocycles. The number of amides is 1. The zero-order valence-electron chi connectivity index (χ0n) is 14.3. The van der Waals surface area contributed by atoms with Gasteiger partial charge in [0, 0.05) is 30.7 Å². The molecule has 1 aromatic carbocycles. The molecular weight excluding hydrogens is 312 g/mol. The zero-order chi connectivity index (χ0) is 16.9. The van der Waals surface area contributed by atoms with Crippen molar-refractivity contribution in [3.8, 4) is 0 Å². The first-order valence-electron chi connectivity index (χ1n) is 8.29. The van der Waals surface area contributed by atoms with E-state index in [1.807, 2.05) is 39.0 Å². The molecule has 1 aromatic rings. The maximum Gasteiger partial charge on any atom is 0.407 e. The molecule has 1 amide bonds. The Bertz CT molecular complexity index is 524. The lowest BCUT2D eigenvalue weighted by molar-refractivity contribution is 0.0508. The van der Waals surface area contributed by atoms with Gasteiger partial charge < -0.3 is 10.1 Å². The second kappa shape index (κ2) is 8.02. The summed E-state index contributed by atoms with van der Waals surface area (Å²) in [5, 5.41) is 3.61. The SMILES string of the molecule is CC(C)(C)OC(=O)NCCN(Cc1cccc(Cl)c1)C1CCC1. The van der Waals surface area contributed by atoms with Crippen LogP contribution in [-0.4, -0.2) is 35.7 Å². The van der Waals surface area contributed by atoms with Crippen molar-refractivity contribution in [2.75, 3.05) is 13.1 Å². The molecule has 1 N–H and O–H groups in total. The summed E-state index contributed by atoms with van der Waals surface area (Å²) in [6.07, 6.45) is 3.39. The number of hydrogen-bond acceptors (Lipinski definition) is 3. The summed E-state index contributed by atoms with van der Waals surface area (Å²) in [5.41, 5.74) is 0.750. The maximum absolute atomic E-state index is 11.7. The van der Waals surface area contributed by atoms with Gasteiger partial charge in [0.15, 0.2) is 0 Å². The summed E-state index contributed by atoms with van der Waals surface area (Å²) in [6.45, 7) is 7.87. The Labute approximate surface area is 144 Å². The van der Waals surface area contributed by atoms with E-state index in [0.29, 0.717) is 12.6 Å². The summed E-state index contributed by atoms with van der Waals surface area (Å²) >= 11 is 6.07. The number of hydrogen-bond donors (Lipinski definition) is 1. The number of benzene rings is 1. The van der Waals surface area contributed by atoms with Crippen LogP contribution in [-0.2, 0) is 11.3 Å². The molecule has 23 heavy (non-hydrogen) atoms. The average Bonchev–Trinajstić information content (AvgIpc) is 2.34. The topological polar surface area (TPSA) is 41.6 Å². The Hall–Kier alpha value is -1.26. The second-order valence-corrected chi connectivity index (χ2v) is 7.55. The van der Waals surface area contributed by atoms with Crippen molar-refractivity contribution in [1.29, 1.82) is 0 Å². The molecule has 1 saturated carbocycles. The first-order valence-corrected chi connectivity index (χ1v) is 8.66. The van der Waals surface area contributed by atoms with Crippen LogP contribution >= 0.6 is 11.6 Å². The Kier molecular flexibility index (Phi) is 6.31. The highest BCUT2D eigenvalue weighted by atomic mass is 35.5. The standard InChI is InChI=1S/C18H27ClN2O2/c1-18(2,3)23-17(22)20-10-11-21(16-8-5-9-16)13-14-6-4-7-15(19)12-14/h4,6-7,12,16H,5,8-11,13H2,1-3H3,(H,20,22). The molecule has 4 nitrogen and oxygen atoms in total. The normalized spacial score (nSPS) is 15.3. The lowest BCUT2D eigenvalue weighted by atomic mass is 9.91. The van der Waals surface area contributed by atoms with Crippen LogP contribution in [0.1, 0.15) is 45.6 Å². The number of carbonyl (C=O) groups excluding carboxylic acids is 1. The molecule has 0 unspecified atom stereocenters. The Morgan fingerprint density at radius 2 is 2.13 bits per heavy atom. The van der Waals surface area contributed by atoms with Crippen LogP contribution in [0.3, 0.4) is 0 Å². The third-order valence-corrected chi connectivity index (χ3v) is 4.17. The van der Waals surface area contributed by atoms with E-state index >= 15 is 0 Å². The van der Waals surface area contributed by atoms with Crippen molar-refractivity contribution < 1.29 is 9.53 Å². The second-order valence-electron chi connectivity index (χ2n) is 7.11. The van der Waals surface area contributed by atoms with Crippen molar-refractivity contribution in [3.05, 3.63) is 34.9 Å². The van der Waals surface area contributed by atoms with E-state index in [1.165, 1.54) is 24.8 Å². The van der Waals surface area contributed by atoms with E-state index in [1.54, 1.807) is 0 Å². The lowest BCUT2D eigenvalue weighted by Crippen LogP contribution is -2.44. The first kappa shape index (κ1) is 18.1. The molecule has 0 atom stereocenters. The van der Waals surface area contributed by atoms with Gasteiger partial charge in [0.25, 0.3) is 0 Å². The molecule has 0 saturated heterocycles. The van der Waals surface area contributed by atoms with Gasteiger partial charge in [-0.2, -0.15) is 0 Å². The molecule has 0 bridgehead atoms. The van der Waals surface area contributed by atoms with Crippen LogP contribution in [0.15, 0.2) is 24.3 Å². The molecular formula is C18H27ClN2O2.